The molecule has 0 aliphatic rings. The van der Waals surface area contributed by atoms with Gasteiger partial charge in [0.15, 0.2) is 0 Å². The van der Waals surface area contributed by atoms with Gasteiger partial charge in [0, 0.05) is 18.1 Å². The highest BCUT2D eigenvalue weighted by atomic mass is 16.5. The third kappa shape index (κ3) is 6.81. The molecule has 0 aliphatic heterocycles. The number of ether oxygens (including phenoxy) is 4. The number of benzene rings is 2. The third-order valence-corrected chi connectivity index (χ3v) is 6.67. The number of aliphatic carboxylic acids is 1. The maximum atomic E-state index is 10.9. The Labute approximate surface area is 204 Å². The average Bonchev–Trinajstić information content (AvgIpc) is 2.82. The van der Waals surface area contributed by atoms with Crippen molar-refractivity contribution in [2.24, 2.45) is 5.92 Å². The Kier molecular flexibility index (Phi) is 10.1. The number of hydrogen-bond acceptors (Lipinski definition) is 6. The van der Waals surface area contributed by atoms with Crippen molar-refractivity contribution in [2.45, 2.75) is 64.2 Å². The minimum Gasteiger partial charge on any atom is -0.550 e. The highest BCUT2D eigenvalue weighted by Gasteiger charge is 2.39. The Bertz CT molecular complexity index is 894. The van der Waals surface area contributed by atoms with Crippen LogP contribution in [0.15, 0.2) is 36.4 Å². The van der Waals surface area contributed by atoms with Gasteiger partial charge in [-0.1, -0.05) is 33.6 Å². The van der Waals surface area contributed by atoms with Crippen LogP contribution in [0, 0.1) is 5.92 Å². The van der Waals surface area contributed by atoms with Crippen LogP contribution >= 0.6 is 0 Å². The lowest BCUT2D eigenvalue weighted by Crippen LogP contribution is -2.34. The Balaban J connectivity index is 2.61. The maximum Gasteiger partial charge on any atom is 0.122 e. The molecule has 2 atom stereocenters. The first-order chi connectivity index (χ1) is 16.2. The molecule has 0 aliphatic carbocycles. The number of carboxylic acids is 1. The van der Waals surface area contributed by atoms with Crippen molar-refractivity contribution in [2.75, 3.05) is 28.4 Å². The fourth-order valence-corrected chi connectivity index (χ4v) is 5.05. The molecule has 0 bridgehead atoms. The molecule has 2 aromatic carbocycles. The van der Waals surface area contributed by atoms with Gasteiger partial charge in [-0.25, -0.2) is 0 Å². The Morgan fingerprint density at radius 1 is 0.794 bits per heavy atom. The van der Waals surface area contributed by atoms with E-state index < -0.39 is 5.97 Å². The van der Waals surface area contributed by atoms with Crippen LogP contribution in [0.25, 0.3) is 0 Å². The van der Waals surface area contributed by atoms with E-state index in [-0.39, 0.29) is 17.8 Å². The molecule has 0 fully saturated rings. The van der Waals surface area contributed by atoms with E-state index in [4.69, 9.17) is 18.9 Å². The van der Waals surface area contributed by atoms with Crippen molar-refractivity contribution in [1.29, 1.82) is 0 Å². The summed E-state index contributed by atoms with van der Waals surface area (Å²) >= 11 is 0. The molecule has 0 amide bonds. The van der Waals surface area contributed by atoms with E-state index in [1.54, 1.807) is 28.4 Å². The van der Waals surface area contributed by atoms with Gasteiger partial charge in [0.05, 0.1) is 28.4 Å². The Hall–Kier alpha value is -2.89. The van der Waals surface area contributed by atoms with E-state index in [0.29, 0.717) is 12.3 Å². The zero-order valence-corrected chi connectivity index (χ0v) is 21.6. The first-order valence-electron chi connectivity index (χ1n) is 11.8. The van der Waals surface area contributed by atoms with Gasteiger partial charge in [0.25, 0.3) is 0 Å². The van der Waals surface area contributed by atoms with Gasteiger partial charge in [0.1, 0.15) is 23.0 Å². The van der Waals surface area contributed by atoms with Gasteiger partial charge >= 0.3 is 0 Å². The number of methoxy groups -OCH3 is 4. The van der Waals surface area contributed by atoms with Crippen molar-refractivity contribution in [3.63, 3.8) is 0 Å². The SMILES string of the molecule is COc1cc(OC)cc(C(C(C)C)C(C)(CCCCCC(=O)[O-])c2cc(OC)cc(OC)c2)c1. The summed E-state index contributed by atoms with van der Waals surface area (Å²) in [6.45, 7) is 6.72. The van der Waals surface area contributed by atoms with Gasteiger partial charge in [-0.05, 0) is 71.9 Å². The number of carbonyl (C=O) groups excluding carboxylic acids is 1. The van der Waals surface area contributed by atoms with Crippen molar-refractivity contribution < 1.29 is 28.8 Å². The number of carboxylic acid groups (broad SMARTS) is 1. The molecule has 34 heavy (non-hydrogen) atoms. The monoisotopic (exact) mass is 471 g/mol. The quantitative estimate of drug-likeness (QED) is 0.356. The summed E-state index contributed by atoms with van der Waals surface area (Å²) in [6.07, 6.45) is 3.26. The molecular formula is C28H39O6-. The lowest BCUT2D eigenvalue weighted by atomic mass is 9.62. The van der Waals surface area contributed by atoms with E-state index in [2.05, 4.69) is 45.0 Å². The molecule has 0 N–H and O–H groups in total. The van der Waals surface area contributed by atoms with Gasteiger partial charge in [-0.2, -0.15) is 0 Å². The number of rotatable bonds is 14. The predicted molar refractivity (Wildman–Crippen MR) is 132 cm³/mol. The first kappa shape index (κ1) is 27.4. The third-order valence-electron chi connectivity index (χ3n) is 6.67. The smallest absolute Gasteiger partial charge is 0.122 e. The summed E-state index contributed by atoms with van der Waals surface area (Å²) in [5, 5.41) is 10.9. The van der Waals surface area contributed by atoms with Crippen LogP contribution in [0.4, 0.5) is 0 Å². The molecule has 0 saturated carbocycles. The summed E-state index contributed by atoms with van der Waals surface area (Å²) in [5.74, 6) is 2.39. The molecule has 2 rings (SSSR count). The van der Waals surface area contributed by atoms with Crippen LogP contribution in [0.1, 0.15) is 69.9 Å². The van der Waals surface area contributed by atoms with Gasteiger partial charge < -0.3 is 28.8 Å². The second kappa shape index (κ2) is 12.5. The van der Waals surface area contributed by atoms with Gasteiger partial charge in [-0.15, -0.1) is 0 Å². The van der Waals surface area contributed by atoms with Crippen molar-refractivity contribution in [3.8, 4) is 23.0 Å². The molecule has 0 radical (unpaired) electrons. The second-order valence-electron chi connectivity index (χ2n) is 9.32. The maximum absolute atomic E-state index is 10.9. The molecule has 2 aromatic rings. The minimum atomic E-state index is -0.996. The van der Waals surface area contributed by atoms with Crippen molar-refractivity contribution >= 4 is 5.97 Å². The molecule has 0 spiro atoms. The molecular weight excluding hydrogens is 432 g/mol. The first-order valence-corrected chi connectivity index (χ1v) is 11.8. The number of unbranched alkanes of at least 4 members (excludes halogenated alkanes) is 2. The fraction of sp³-hybridized carbons (Fsp3) is 0.536. The molecule has 6 nitrogen and oxygen atoms in total. The van der Waals surface area contributed by atoms with Crippen LogP contribution in [-0.2, 0) is 10.2 Å². The van der Waals surface area contributed by atoms with Crippen molar-refractivity contribution in [3.05, 3.63) is 47.5 Å². The highest BCUT2D eigenvalue weighted by molar-refractivity contribution is 5.64. The summed E-state index contributed by atoms with van der Waals surface area (Å²) in [5.41, 5.74) is 1.95. The zero-order valence-electron chi connectivity index (χ0n) is 21.6. The molecule has 0 heterocycles. The van der Waals surface area contributed by atoms with Crippen LogP contribution < -0.4 is 24.1 Å². The topological polar surface area (TPSA) is 77.1 Å². The van der Waals surface area contributed by atoms with Crippen molar-refractivity contribution in [1.82, 2.24) is 0 Å². The summed E-state index contributed by atoms with van der Waals surface area (Å²) in [7, 11) is 6.63. The van der Waals surface area contributed by atoms with E-state index in [9.17, 15) is 9.90 Å². The van der Waals surface area contributed by atoms with Crippen LogP contribution in [0.2, 0.25) is 0 Å². The van der Waals surface area contributed by atoms with E-state index in [1.165, 1.54) is 0 Å². The highest BCUT2D eigenvalue weighted by Crippen LogP contribution is 2.49. The molecule has 2 unspecified atom stereocenters. The Morgan fingerprint density at radius 2 is 1.26 bits per heavy atom. The zero-order chi connectivity index (χ0) is 25.3. The van der Waals surface area contributed by atoms with Gasteiger partial charge in [0.2, 0.25) is 0 Å². The van der Waals surface area contributed by atoms with E-state index >= 15 is 0 Å². The summed E-state index contributed by atoms with van der Waals surface area (Å²) in [6, 6.07) is 12.1. The van der Waals surface area contributed by atoms with Crippen LogP contribution in [0.5, 0.6) is 23.0 Å². The van der Waals surface area contributed by atoms with E-state index in [0.717, 1.165) is 53.4 Å². The number of carbonyl (C=O) groups is 1. The fourth-order valence-electron chi connectivity index (χ4n) is 5.05. The lowest BCUT2D eigenvalue weighted by Gasteiger charge is -2.42. The predicted octanol–water partition coefficient (Wildman–Crippen LogP) is 5.12. The molecule has 188 valence electrons. The molecule has 6 heteroatoms. The summed E-state index contributed by atoms with van der Waals surface area (Å²) < 4.78 is 22.3. The van der Waals surface area contributed by atoms with Gasteiger partial charge in [-0.3, -0.25) is 0 Å². The van der Waals surface area contributed by atoms with Crippen LogP contribution in [0.3, 0.4) is 0 Å². The molecule has 0 aromatic heterocycles. The standard InChI is InChI=1S/C28H40O6/c1-19(2)27(20-13-22(31-4)17-23(14-20)32-5)28(3,12-10-8-9-11-26(29)30)21-15-24(33-6)18-25(16-21)34-7/h13-19,27H,8-12H2,1-7H3,(H,29,30)/p-1. The second-order valence-corrected chi connectivity index (χ2v) is 9.32. The van der Waals surface area contributed by atoms with Crippen LogP contribution in [-0.4, -0.2) is 34.4 Å². The van der Waals surface area contributed by atoms with E-state index in [1.807, 2.05) is 12.1 Å². The normalized spacial score (nSPS) is 13.8. The summed E-state index contributed by atoms with van der Waals surface area (Å²) in [4.78, 5) is 10.9. The lowest BCUT2D eigenvalue weighted by molar-refractivity contribution is -0.305. The minimum absolute atomic E-state index is 0.0877. The average molecular weight is 472 g/mol. The Morgan fingerprint density at radius 3 is 1.68 bits per heavy atom. The number of hydrogen-bond donors (Lipinski definition) is 0. The molecule has 0 saturated heterocycles. The largest absolute Gasteiger partial charge is 0.550 e.